The second-order valence-corrected chi connectivity index (χ2v) is 4.69. The predicted molar refractivity (Wildman–Crippen MR) is 70.2 cm³/mol. The minimum absolute atomic E-state index is 0.457. The molecular weight excluding hydrogens is 276 g/mol. The van der Waals surface area contributed by atoms with Gasteiger partial charge in [-0.2, -0.15) is 16.7 Å². The number of hydrogen-bond donors (Lipinski definition) is 2. The molecule has 0 saturated heterocycles. The second-order valence-electron chi connectivity index (χ2n) is 2.73. The normalized spacial score (nSPS) is 9.93. The zero-order valence-corrected chi connectivity index (χ0v) is 10.6. The first-order valence-corrected chi connectivity index (χ1v) is 6.39. The molecule has 0 aromatic carbocycles. The molecule has 1 heterocycles. The van der Waals surface area contributed by atoms with Crippen molar-refractivity contribution < 1.29 is 0 Å². The molecule has 0 aliphatic carbocycles. The number of rotatable bonds is 6. The van der Waals surface area contributed by atoms with Crippen molar-refractivity contribution >= 4 is 39.5 Å². The van der Waals surface area contributed by atoms with Gasteiger partial charge in [0.15, 0.2) is 0 Å². The number of nitrogens with two attached hydrogens (primary N) is 1. The molecule has 4 nitrogen and oxygen atoms in total. The van der Waals surface area contributed by atoms with Crippen LogP contribution in [0.2, 0.25) is 0 Å². The van der Waals surface area contributed by atoms with Crippen LogP contribution < -0.4 is 11.1 Å². The van der Waals surface area contributed by atoms with Crippen molar-refractivity contribution in [3.63, 3.8) is 0 Å². The van der Waals surface area contributed by atoms with Gasteiger partial charge in [-0.3, -0.25) is 0 Å². The van der Waals surface area contributed by atoms with Crippen molar-refractivity contribution in [1.29, 1.82) is 0 Å². The molecular formula is C9H13BrN4S. The number of anilines is 2. The maximum absolute atomic E-state index is 5.57. The predicted octanol–water partition coefficient (Wildman–Crippen LogP) is 2.15. The fourth-order valence-corrected chi connectivity index (χ4v) is 1.90. The van der Waals surface area contributed by atoms with Crippen molar-refractivity contribution in [1.82, 2.24) is 9.97 Å². The van der Waals surface area contributed by atoms with Crippen LogP contribution >= 0.6 is 27.7 Å². The Bertz CT molecular complexity index is 312. The number of hydrogen-bond acceptors (Lipinski definition) is 5. The average Bonchev–Trinajstić information content (AvgIpc) is 2.16. The average molecular weight is 289 g/mol. The summed E-state index contributed by atoms with van der Waals surface area (Å²) in [6.45, 7) is 4.46. The van der Waals surface area contributed by atoms with Gasteiger partial charge in [-0.15, -0.1) is 6.58 Å². The highest BCUT2D eigenvalue weighted by molar-refractivity contribution is 9.10. The monoisotopic (exact) mass is 288 g/mol. The minimum Gasteiger partial charge on any atom is -0.383 e. The van der Waals surface area contributed by atoms with Crippen LogP contribution in [0.1, 0.15) is 0 Å². The molecule has 0 saturated carbocycles. The quantitative estimate of drug-likeness (QED) is 0.477. The van der Waals surface area contributed by atoms with Crippen molar-refractivity contribution in [3.8, 4) is 0 Å². The number of nitrogens with one attached hydrogen (secondary N) is 1. The Morgan fingerprint density at radius 3 is 3.07 bits per heavy atom. The topological polar surface area (TPSA) is 63.8 Å². The molecule has 0 aliphatic heterocycles. The maximum atomic E-state index is 5.57. The summed E-state index contributed by atoms with van der Waals surface area (Å²) >= 11 is 5.06. The number of nitrogen functional groups attached to an aromatic ring is 1. The molecule has 0 bridgehead atoms. The van der Waals surface area contributed by atoms with Gasteiger partial charge in [0, 0.05) is 24.1 Å². The van der Waals surface area contributed by atoms with E-state index in [1.165, 1.54) is 0 Å². The number of aromatic nitrogens is 2. The van der Waals surface area contributed by atoms with Gasteiger partial charge in [-0.1, -0.05) is 6.08 Å². The van der Waals surface area contributed by atoms with E-state index in [1.54, 1.807) is 17.8 Å². The van der Waals surface area contributed by atoms with Crippen molar-refractivity contribution in [2.75, 3.05) is 29.1 Å². The summed E-state index contributed by atoms with van der Waals surface area (Å²) in [5.74, 6) is 2.96. The van der Waals surface area contributed by atoms with E-state index in [1.807, 2.05) is 6.08 Å². The van der Waals surface area contributed by atoms with E-state index < -0.39 is 0 Å². The van der Waals surface area contributed by atoms with Crippen molar-refractivity contribution in [2.45, 2.75) is 0 Å². The Morgan fingerprint density at radius 2 is 2.40 bits per heavy atom. The molecule has 0 fully saturated rings. The molecule has 0 amide bonds. The molecule has 82 valence electrons. The zero-order chi connectivity index (χ0) is 11.1. The van der Waals surface area contributed by atoms with Crippen LogP contribution in [0, 0.1) is 0 Å². The molecule has 1 aromatic rings. The Morgan fingerprint density at radius 1 is 1.60 bits per heavy atom. The number of halogens is 1. The van der Waals surface area contributed by atoms with Gasteiger partial charge in [-0.25, -0.2) is 4.98 Å². The lowest BCUT2D eigenvalue weighted by Crippen LogP contribution is -2.08. The van der Waals surface area contributed by atoms with Crippen LogP contribution in [-0.4, -0.2) is 28.0 Å². The molecule has 6 heteroatoms. The zero-order valence-electron chi connectivity index (χ0n) is 8.24. The molecule has 0 spiro atoms. The minimum atomic E-state index is 0.457. The van der Waals surface area contributed by atoms with Crippen LogP contribution in [0.15, 0.2) is 23.3 Å². The third-order valence-electron chi connectivity index (χ3n) is 1.48. The van der Waals surface area contributed by atoms with Crippen molar-refractivity contribution in [3.05, 3.63) is 23.3 Å². The van der Waals surface area contributed by atoms with Crippen LogP contribution in [0.5, 0.6) is 0 Å². The molecule has 1 rings (SSSR count). The van der Waals surface area contributed by atoms with Gasteiger partial charge >= 0.3 is 0 Å². The van der Waals surface area contributed by atoms with E-state index >= 15 is 0 Å². The van der Waals surface area contributed by atoms with Gasteiger partial charge in [0.05, 0.1) is 0 Å². The first-order chi connectivity index (χ1) is 7.22. The maximum Gasteiger partial charge on any atom is 0.225 e. The van der Waals surface area contributed by atoms with Gasteiger partial charge in [0.1, 0.15) is 10.4 Å². The van der Waals surface area contributed by atoms with Gasteiger partial charge in [-0.05, 0) is 15.9 Å². The van der Waals surface area contributed by atoms with E-state index in [0.717, 1.165) is 18.1 Å². The lowest BCUT2D eigenvalue weighted by Gasteiger charge is -2.04. The van der Waals surface area contributed by atoms with Crippen LogP contribution in [-0.2, 0) is 0 Å². The Balaban J connectivity index is 2.33. The summed E-state index contributed by atoms with van der Waals surface area (Å²) in [4.78, 5) is 8.18. The molecule has 15 heavy (non-hydrogen) atoms. The molecule has 1 aromatic heterocycles. The van der Waals surface area contributed by atoms with Crippen molar-refractivity contribution in [2.24, 2.45) is 0 Å². The highest BCUT2D eigenvalue weighted by atomic mass is 79.9. The van der Waals surface area contributed by atoms with Crippen LogP contribution in [0.4, 0.5) is 11.8 Å². The Labute approximate surface area is 102 Å². The summed E-state index contributed by atoms with van der Waals surface area (Å²) in [7, 11) is 0. The van der Waals surface area contributed by atoms with Gasteiger partial charge in [0.25, 0.3) is 0 Å². The third kappa shape index (κ3) is 5.03. The first kappa shape index (κ1) is 12.3. The summed E-state index contributed by atoms with van der Waals surface area (Å²) < 4.78 is 0.691. The third-order valence-corrected chi connectivity index (χ3v) is 2.85. The van der Waals surface area contributed by atoms with E-state index in [2.05, 4.69) is 37.8 Å². The largest absolute Gasteiger partial charge is 0.383 e. The van der Waals surface area contributed by atoms with E-state index in [9.17, 15) is 0 Å². The van der Waals surface area contributed by atoms with Gasteiger partial charge in [0.2, 0.25) is 5.95 Å². The van der Waals surface area contributed by atoms with Crippen LogP contribution in [0.25, 0.3) is 0 Å². The summed E-state index contributed by atoms with van der Waals surface area (Å²) in [6.07, 6.45) is 1.89. The molecule has 0 unspecified atom stereocenters. The summed E-state index contributed by atoms with van der Waals surface area (Å²) in [6, 6.07) is 1.66. The smallest absolute Gasteiger partial charge is 0.225 e. The number of nitrogens with zero attached hydrogens (tertiary/aromatic N) is 2. The van der Waals surface area contributed by atoms with E-state index in [0.29, 0.717) is 16.4 Å². The van der Waals surface area contributed by atoms with E-state index in [4.69, 9.17) is 5.73 Å². The summed E-state index contributed by atoms with van der Waals surface area (Å²) in [5, 5.41) is 3.10. The van der Waals surface area contributed by atoms with Gasteiger partial charge < -0.3 is 11.1 Å². The fourth-order valence-electron chi connectivity index (χ4n) is 0.916. The lowest BCUT2D eigenvalue weighted by molar-refractivity contribution is 1.08. The summed E-state index contributed by atoms with van der Waals surface area (Å²) in [5.41, 5.74) is 5.57. The molecule has 0 radical (unpaired) electrons. The Kier molecular flexibility index (Phi) is 5.49. The molecule has 3 N–H and O–H groups in total. The van der Waals surface area contributed by atoms with Crippen LogP contribution in [0.3, 0.4) is 0 Å². The second kappa shape index (κ2) is 6.68. The molecule has 0 aliphatic rings. The fraction of sp³-hybridized carbons (Fsp3) is 0.333. The lowest BCUT2D eigenvalue weighted by atomic mass is 10.6. The highest BCUT2D eigenvalue weighted by Gasteiger charge is 1.99. The Hall–Kier alpha value is -0.750. The number of thioether (sulfide) groups is 1. The highest BCUT2D eigenvalue weighted by Crippen LogP contribution is 2.12. The first-order valence-electron chi connectivity index (χ1n) is 4.45. The SMILES string of the molecule is C=CCSCCNc1nc(N)cc(Br)n1. The standard InChI is InChI=1S/C9H13BrN4S/c1-2-4-15-5-3-12-9-13-7(10)6-8(11)14-9/h2,6H,1,3-5H2,(H3,11,12,13,14). The molecule has 0 atom stereocenters. The van der Waals surface area contributed by atoms with E-state index in [-0.39, 0.29) is 0 Å².